The zero-order chi connectivity index (χ0) is 15.8. The molecule has 0 amide bonds. The van der Waals surface area contributed by atoms with Crippen molar-refractivity contribution >= 4 is 46.2 Å². The first-order valence-electron chi connectivity index (χ1n) is 5.58. The third kappa shape index (κ3) is 2.74. The minimum atomic E-state index is -1.45. The lowest BCUT2D eigenvalue weighted by molar-refractivity contribution is -0.394. The van der Waals surface area contributed by atoms with Gasteiger partial charge in [0.15, 0.2) is 0 Å². The molecule has 0 aliphatic heterocycles. The number of nitro groups is 2. The van der Waals surface area contributed by atoms with Crippen molar-refractivity contribution in [3.8, 4) is 0 Å². The SMILES string of the molecule is O=[N+]([O-])c1ccc(C2(Cl)C=CC=C(Cl)C2Cl)c([N+](=O)[O-])c1. The van der Waals surface area contributed by atoms with Crippen LogP contribution in [0.4, 0.5) is 11.4 Å². The molecule has 0 fully saturated rings. The highest BCUT2D eigenvalue weighted by atomic mass is 35.5. The lowest BCUT2D eigenvalue weighted by atomic mass is 9.89. The second kappa shape index (κ2) is 5.63. The Kier molecular flexibility index (Phi) is 4.22. The largest absolute Gasteiger partial charge is 0.281 e. The van der Waals surface area contributed by atoms with E-state index in [0.29, 0.717) is 0 Å². The molecule has 21 heavy (non-hydrogen) atoms. The fourth-order valence-electron chi connectivity index (χ4n) is 1.98. The zero-order valence-electron chi connectivity index (χ0n) is 10.2. The first-order chi connectivity index (χ1) is 9.77. The van der Waals surface area contributed by atoms with Crippen molar-refractivity contribution in [1.82, 2.24) is 0 Å². The van der Waals surface area contributed by atoms with E-state index >= 15 is 0 Å². The molecule has 0 N–H and O–H groups in total. The van der Waals surface area contributed by atoms with E-state index in [4.69, 9.17) is 34.8 Å². The Morgan fingerprint density at radius 2 is 1.86 bits per heavy atom. The van der Waals surface area contributed by atoms with Gasteiger partial charge in [-0.3, -0.25) is 20.2 Å². The molecule has 0 heterocycles. The summed E-state index contributed by atoms with van der Waals surface area (Å²) in [6.07, 6.45) is 4.52. The predicted octanol–water partition coefficient (Wildman–Crippen LogP) is 4.24. The second-order valence-corrected chi connectivity index (χ2v) is 5.76. The molecule has 6 nitrogen and oxygen atoms in total. The molecule has 110 valence electrons. The van der Waals surface area contributed by atoms with Crippen molar-refractivity contribution in [1.29, 1.82) is 0 Å². The molecule has 2 rings (SSSR count). The Bertz CT molecular complexity index is 689. The van der Waals surface area contributed by atoms with Gasteiger partial charge in [-0.2, -0.15) is 0 Å². The summed E-state index contributed by atoms with van der Waals surface area (Å²) < 4.78 is 0. The van der Waals surface area contributed by atoms with Crippen molar-refractivity contribution in [3.05, 3.63) is 67.3 Å². The van der Waals surface area contributed by atoms with Crippen LogP contribution in [0.1, 0.15) is 5.56 Å². The van der Waals surface area contributed by atoms with Crippen LogP contribution in [0.5, 0.6) is 0 Å². The third-order valence-corrected chi connectivity index (χ3v) is 4.70. The highest BCUT2D eigenvalue weighted by Gasteiger charge is 2.43. The van der Waals surface area contributed by atoms with Gasteiger partial charge in [-0.15, -0.1) is 23.2 Å². The van der Waals surface area contributed by atoms with E-state index < -0.39 is 31.5 Å². The summed E-state index contributed by atoms with van der Waals surface area (Å²) in [5, 5.41) is 21.2. The summed E-state index contributed by atoms with van der Waals surface area (Å²) in [4.78, 5) is 19.0. The number of non-ortho nitro benzene ring substituents is 1. The number of halogens is 3. The molecule has 0 radical (unpaired) electrons. The summed E-state index contributed by atoms with van der Waals surface area (Å²) in [6.45, 7) is 0. The minimum absolute atomic E-state index is 0.0438. The molecule has 0 saturated heterocycles. The Morgan fingerprint density at radius 1 is 1.19 bits per heavy atom. The molecule has 1 aromatic rings. The lowest BCUT2D eigenvalue weighted by Gasteiger charge is -2.30. The Labute approximate surface area is 133 Å². The van der Waals surface area contributed by atoms with Gasteiger partial charge in [-0.25, -0.2) is 0 Å². The minimum Gasteiger partial charge on any atom is -0.258 e. The summed E-state index contributed by atoms with van der Waals surface area (Å²) in [5.74, 6) is 0. The van der Waals surface area contributed by atoms with Crippen LogP contribution in [0.2, 0.25) is 0 Å². The molecule has 1 aliphatic carbocycles. The van der Waals surface area contributed by atoms with Gasteiger partial charge >= 0.3 is 0 Å². The Hall–Kier alpha value is -1.63. The topological polar surface area (TPSA) is 86.3 Å². The van der Waals surface area contributed by atoms with Crippen molar-refractivity contribution in [2.24, 2.45) is 0 Å². The molecule has 1 aromatic carbocycles. The van der Waals surface area contributed by atoms with Crippen molar-refractivity contribution in [3.63, 3.8) is 0 Å². The maximum Gasteiger partial charge on any atom is 0.281 e. The van der Waals surface area contributed by atoms with Crippen LogP contribution in [-0.4, -0.2) is 15.2 Å². The quantitative estimate of drug-likeness (QED) is 0.464. The molecule has 2 atom stereocenters. The Morgan fingerprint density at radius 3 is 2.43 bits per heavy atom. The average molecular weight is 350 g/mol. The van der Waals surface area contributed by atoms with E-state index in [9.17, 15) is 20.2 Å². The average Bonchev–Trinajstić information content (AvgIpc) is 2.44. The zero-order valence-corrected chi connectivity index (χ0v) is 12.5. The number of hydrogen-bond donors (Lipinski definition) is 0. The Balaban J connectivity index is 2.64. The molecule has 0 saturated carbocycles. The standard InChI is InChI=1S/C12H7Cl3N2O4/c13-9-2-1-5-12(15,11(9)14)8-4-3-7(16(18)19)6-10(8)17(20)21/h1-6,11H. The maximum absolute atomic E-state index is 11.2. The van der Waals surface area contributed by atoms with Crippen LogP contribution in [0.3, 0.4) is 0 Å². The lowest BCUT2D eigenvalue weighted by Crippen LogP contribution is -2.31. The van der Waals surface area contributed by atoms with E-state index in [1.165, 1.54) is 24.3 Å². The van der Waals surface area contributed by atoms with Gasteiger partial charge < -0.3 is 0 Å². The van der Waals surface area contributed by atoms with E-state index in [-0.39, 0.29) is 10.6 Å². The molecule has 2 unspecified atom stereocenters. The van der Waals surface area contributed by atoms with Gasteiger partial charge in [-0.05, 0) is 12.1 Å². The van der Waals surface area contributed by atoms with Crippen LogP contribution >= 0.6 is 34.8 Å². The van der Waals surface area contributed by atoms with Crippen LogP contribution in [0, 0.1) is 20.2 Å². The summed E-state index contributed by atoms with van der Waals surface area (Å²) >= 11 is 18.5. The monoisotopic (exact) mass is 348 g/mol. The molecule has 1 aliphatic rings. The maximum atomic E-state index is 11.2. The first-order valence-corrected chi connectivity index (χ1v) is 6.78. The van der Waals surface area contributed by atoms with Crippen molar-refractivity contribution in [2.75, 3.05) is 0 Å². The van der Waals surface area contributed by atoms with Gasteiger partial charge in [0.05, 0.1) is 26.9 Å². The number of rotatable bonds is 3. The van der Waals surface area contributed by atoms with E-state index in [2.05, 4.69) is 0 Å². The molecular formula is C12H7Cl3N2O4. The number of hydrogen-bond acceptors (Lipinski definition) is 4. The van der Waals surface area contributed by atoms with E-state index in [1.807, 2.05) is 0 Å². The predicted molar refractivity (Wildman–Crippen MR) is 80.0 cm³/mol. The van der Waals surface area contributed by atoms with Gasteiger partial charge in [0.25, 0.3) is 11.4 Å². The van der Waals surface area contributed by atoms with Gasteiger partial charge in [-0.1, -0.05) is 23.8 Å². The number of alkyl halides is 2. The number of allylic oxidation sites excluding steroid dienone is 4. The van der Waals surface area contributed by atoms with Gasteiger partial charge in [0, 0.05) is 11.1 Å². The van der Waals surface area contributed by atoms with Gasteiger partial charge in [0.1, 0.15) is 4.87 Å². The normalized spacial score (nSPS) is 24.5. The highest BCUT2D eigenvalue weighted by molar-refractivity contribution is 6.42. The fraction of sp³-hybridized carbons (Fsp3) is 0.167. The molecular weight excluding hydrogens is 343 g/mol. The summed E-state index contributed by atoms with van der Waals surface area (Å²) in [7, 11) is 0. The van der Waals surface area contributed by atoms with Crippen LogP contribution in [0.15, 0.2) is 41.5 Å². The van der Waals surface area contributed by atoms with Gasteiger partial charge in [0.2, 0.25) is 0 Å². The molecule has 0 aromatic heterocycles. The third-order valence-electron chi connectivity index (χ3n) is 3.01. The molecule has 0 spiro atoms. The van der Waals surface area contributed by atoms with Crippen LogP contribution in [0.25, 0.3) is 0 Å². The summed E-state index contributed by atoms with van der Waals surface area (Å²) in [5.41, 5.74) is -0.846. The molecule has 9 heteroatoms. The second-order valence-electron chi connectivity index (χ2n) is 4.26. The smallest absolute Gasteiger partial charge is 0.258 e. The number of nitrogens with zero attached hydrogens (tertiary/aromatic N) is 2. The van der Waals surface area contributed by atoms with Crippen LogP contribution < -0.4 is 0 Å². The summed E-state index contributed by atoms with van der Waals surface area (Å²) in [6, 6.07) is 3.21. The highest BCUT2D eigenvalue weighted by Crippen LogP contribution is 2.47. The van der Waals surface area contributed by atoms with Crippen molar-refractivity contribution < 1.29 is 9.85 Å². The number of nitro benzene ring substituents is 2. The molecule has 0 bridgehead atoms. The van der Waals surface area contributed by atoms with E-state index in [1.54, 1.807) is 0 Å². The van der Waals surface area contributed by atoms with Crippen molar-refractivity contribution in [2.45, 2.75) is 10.3 Å². The first kappa shape index (κ1) is 15.8. The fourth-order valence-corrected chi connectivity index (χ4v) is 2.90. The number of benzene rings is 1. The van der Waals surface area contributed by atoms with Crippen LogP contribution in [-0.2, 0) is 4.87 Å². The van der Waals surface area contributed by atoms with E-state index in [0.717, 1.165) is 12.1 Å².